The standard InChI is InChI=1S/C10H9FN2O2/c1-15-10(14)3-6-2-7(13)4-9(11)8(6)5-12/h2,4H,3,13H2,1H3. The van der Waals surface area contributed by atoms with Crippen LogP contribution in [0.25, 0.3) is 0 Å². The summed E-state index contributed by atoms with van der Waals surface area (Å²) in [6.45, 7) is 0. The molecule has 0 atom stereocenters. The number of rotatable bonds is 2. The lowest BCUT2D eigenvalue weighted by Crippen LogP contribution is -2.07. The normalized spacial score (nSPS) is 9.40. The molecule has 0 aromatic heterocycles. The van der Waals surface area contributed by atoms with Crippen molar-refractivity contribution in [2.24, 2.45) is 0 Å². The van der Waals surface area contributed by atoms with E-state index in [1.165, 1.54) is 13.2 Å². The Hall–Kier alpha value is -2.09. The van der Waals surface area contributed by atoms with Crippen LogP contribution in [0.3, 0.4) is 0 Å². The third kappa shape index (κ3) is 2.44. The van der Waals surface area contributed by atoms with E-state index in [0.29, 0.717) is 0 Å². The van der Waals surface area contributed by atoms with Crippen LogP contribution in [0.5, 0.6) is 0 Å². The molecule has 15 heavy (non-hydrogen) atoms. The van der Waals surface area contributed by atoms with E-state index < -0.39 is 11.8 Å². The SMILES string of the molecule is COC(=O)Cc1cc(N)cc(F)c1C#N. The van der Waals surface area contributed by atoms with Crippen molar-refractivity contribution in [3.8, 4) is 6.07 Å². The van der Waals surface area contributed by atoms with Crippen molar-refractivity contribution in [1.82, 2.24) is 0 Å². The largest absolute Gasteiger partial charge is 0.469 e. The van der Waals surface area contributed by atoms with Crippen LogP contribution in [0.2, 0.25) is 0 Å². The lowest BCUT2D eigenvalue weighted by Gasteiger charge is -2.05. The van der Waals surface area contributed by atoms with Crippen molar-refractivity contribution < 1.29 is 13.9 Å². The van der Waals surface area contributed by atoms with Crippen molar-refractivity contribution in [2.45, 2.75) is 6.42 Å². The minimum absolute atomic E-state index is 0.165. The molecule has 0 aliphatic carbocycles. The highest BCUT2D eigenvalue weighted by atomic mass is 19.1. The van der Waals surface area contributed by atoms with Gasteiger partial charge < -0.3 is 10.5 Å². The molecule has 0 spiro atoms. The molecule has 0 radical (unpaired) electrons. The summed E-state index contributed by atoms with van der Waals surface area (Å²) in [7, 11) is 1.22. The Balaban J connectivity index is 3.16. The molecule has 0 aliphatic heterocycles. The number of nitriles is 1. The van der Waals surface area contributed by atoms with Crippen molar-refractivity contribution in [3.05, 3.63) is 29.1 Å². The summed E-state index contributed by atoms with van der Waals surface area (Å²) >= 11 is 0. The van der Waals surface area contributed by atoms with Gasteiger partial charge in [0.1, 0.15) is 11.9 Å². The monoisotopic (exact) mass is 208 g/mol. The van der Waals surface area contributed by atoms with E-state index in [2.05, 4.69) is 4.74 Å². The predicted octanol–water partition coefficient (Wildman–Crippen LogP) is 0.995. The topological polar surface area (TPSA) is 76.1 Å². The van der Waals surface area contributed by atoms with Crippen LogP contribution in [0.1, 0.15) is 11.1 Å². The fourth-order valence-corrected chi connectivity index (χ4v) is 1.18. The van der Waals surface area contributed by atoms with E-state index in [1.54, 1.807) is 6.07 Å². The fraction of sp³-hybridized carbons (Fsp3) is 0.200. The number of benzene rings is 1. The summed E-state index contributed by atoms with van der Waals surface area (Å²) in [5.74, 6) is -1.27. The first-order valence-corrected chi connectivity index (χ1v) is 4.13. The number of hydrogen-bond acceptors (Lipinski definition) is 4. The lowest BCUT2D eigenvalue weighted by atomic mass is 10.0. The molecular formula is C10H9FN2O2. The Kier molecular flexibility index (Phi) is 3.24. The molecule has 0 heterocycles. The molecule has 0 saturated heterocycles. The third-order valence-electron chi connectivity index (χ3n) is 1.87. The van der Waals surface area contributed by atoms with Gasteiger partial charge in [-0.1, -0.05) is 0 Å². The zero-order valence-electron chi connectivity index (χ0n) is 8.08. The van der Waals surface area contributed by atoms with Crippen molar-refractivity contribution in [2.75, 3.05) is 12.8 Å². The van der Waals surface area contributed by atoms with E-state index in [4.69, 9.17) is 11.0 Å². The summed E-state index contributed by atoms with van der Waals surface area (Å²) in [5, 5.41) is 8.69. The van der Waals surface area contributed by atoms with E-state index in [0.717, 1.165) is 6.07 Å². The Bertz CT molecular complexity index is 438. The number of methoxy groups -OCH3 is 1. The summed E-state index contributed by atoms with van der Waals surface area (Å²) in [6, 6.07) is 4.11. The highest BCUT2D eigenvalue weighted by Crippen LogP contribution is 2.18. The van der Waals surface area contributed by atoms with E-state index in [1.807, 2.05) is 0 Å². The Labute approximate surface area is 86.1 Å². The van der Waals surface area contributed by atoms with Gasteiger partial charge in [-0.25, -0.2) is 4.39 Å². The van der Waals surface area contributed by atoms with Crippen LogP contribution in [0.15, 0.2) is 12.1 Å². The molecule has 0 saturated carbocycles. The predicted molar refractivity (Wildman–Crippen MR) is 51.2 cm³/mol. The Morgan fingerprint density at radius 3 is 2.87 bits per heavy atom. The number of nitrogens with two attached hydrogens (primary N) is 1. The van der Waals surface area contributed by atoms with Gasteiger partial charge in [-0.15, -0.1) is 0 Å². The van der Waals surface area contributed by atoms with Gasteiger partial charge in [0.05, 0.1) is 19.1 Å². The second-order valence-corrected chi connectivity index (χ2v) is 2.90. The number of halogens is 1. The number of ether oxygens (including phenoxy) is 1. The smallest absolute Gasteiger partial charge is 0.310 e. The number of nitrogen functional groups attached to an aromatic ring is 1. The van der Waals surface area contributed by atoms with E-state index >= 15 is 0 Å². The maximum Gasteiger partial charge on any atom is 0.310 e. The number of hydrogen-bond donors (Lipinski definition) is 1. The Morgan fingerprint density at radius 1 is 1.67 bits per heavy atom. The van der Waals surface area contributed by atoms with E-state index in [9.17, 15) is 9.18 Å². The molecule has 0 fully saturated rings. The van der Waals surface area contributed by atoms with Gasteiger partial charge in [0.25, 0.3) is 0 Å². The zero-order chi connectivity index (χ0) is 11.4. The first-order valence-electron chi connectivity index (χ1n) is 4.13. The maximum atomic E-state index is 13.2. The van der Waals surface area contributed by atoms with Gasteiger partial charge in [-0.2, -0.15) is 5.26 Å². The molecule has 0 amide bonds. The minimum atomic E-state index is -0.726. The number of esters is 1. The quantitative estimate of drug-likeness (QED) is 0.581. The van der Waals surface area contributed by atoms with Crippen LogP contribution in [0, 0.1) is 17.1 Å². The molecule has 5 heteroatoms. The highest BCUT2D eigenvalue weighted by Gasteiger charge is 2.13. The molecule has 0 unspecified atom stereocenters. The number of nitrogens with zero attached hydrogens (tertiary/aromatic N) is 1. The number of anilines is 1. The second kappa shape index (κ2) is 4.42. The molecule has 0 bridgehead atoms. The average Bonchev–Trinajstić information content (AvgIpc) is 2.17. The fourth-order valence-electron chi connectivity index (χ4n) is 1.18. The first-order chi connectivity index (χ1) is 7.08. The van der Waals surface area contributed by atoms with Crippen LogP contribution in [0.4, 0.5) is 10.1 Å². The molecular weight excluding hydrogens is 199 g/mol. The van der Waals surface area contributed by atoms with Gasteiger partial charge in [-0.05, 0) is 17.7 Å². The van der Waals surface area contributed by atoms with Crippen LogP contribution >= 0.6 is 0 Å². The number of carbonyl (C=O) groups excluding carboxylic acids is 1. The molecule has 2 N–H and O–H groups in total. The van der Waals surface area contributed by atoms with Crippen molar-refractivity contribution in [1.29, 1.82) is 5.26 Å². The average molecular weight is 208 g/mol. The highest BCUT2D eigenvalue weighted by molar-refractivity contribution is 5.74. The lowest BCUT2D eigenvalue weighted by molar-refractivity contribution is -0.139. The molecule has 1 aromatic carbocycles. The second-order valence-electron chi connectivity index (χ2n) is 2.90. The van der Waals surface area contributed by atoms with Gasteiger partial charge in [0.15, 0.2) is 0 Å². The van der Waals surface area contributed by atoms with Crippen LogP contribution in [-0.2, 0) is 16.0 Å². The van der Waals surface area contributed by atoms with Crippen molar-refractivity contribution >= 4 is 11.7 Å². The molecule has 1 aromatic rings. The van der Waals surface area contributed by atoms with E-state index in [-0.39, 0.29) is 23.2 Å². The summed E-state index contributed by atoms with van der Waals surface area (Å²) in [5.41, 5.74) is 5.64. The van der Waals surface area contributed by atoms with Crippen LogP contribution in [-0.4, -0.2) is 13.1 Å². The Morgan fingerprint density at radius 2 is 2.33 bits per heavy atom. The van der Waals surface area contributed by atoms with Gasteiger partial charge in [-0.3, -0.25) is 4.79 Å². The van der Waals surface area contributed by atoms with Gasteiger partial charge in [0, 0.05) is 5.69 Å². The van der Waals surface area contributed by atoms with Gasteiger partial charge >= 0.3 is 5.97 Å². The first kappa shape index (κ1) is 11.0. The van der Waals surface area contributed by atoms with Crippen molar-refractivity contribution in [3.63, 3.8) is 0 Å². The summed E-state index contributed by atoms with van der Waals surface area (Å²) < 4.78 is 17.6. The van der Waals surface area contributed by atoms with Gasteiger partial charge in [0.2, 0.25) is 0 Å². The summed E-state index contributed by atoms with van der Waals surface area (Å²) in [4.78, 5) is 11.0. The maximum absolute atomic E-state index is 13.2. The number of carbonyl (C=O) groups is 1. The molecule has 78 valence electrons. The molecule has 1 rings (SSSR count). The molecule has 4 nitrogen and oxygen atoms in total. The molecule has 0 aliphatic rings. The third-order valence-corrected chi connectivity index (χ3v) is 1.87. The van der Waals surface area contributed by atoms with Crippen LogP contribution < -0.4 is 5.73 Å². The minimum Gasteiger partial charge on any atom is -0.469 e. The summed E-state index contributed by atoms with van der Waals surface area (Å²) in [6.07, 6.45) is -0.165. The zero-order valence-corrected chi connectivity index (χ0v) is 8.08.